The highest BCUT2D eigenvalue weighted by molar-refractivity contribution is 5.94. The molecular formula is C25H26FN5O4. The second kappa shape index (κ2) is 8.39. The van der Waals surface area contributed by atoms with E-state index >= 15 is 0 Å². The zero-order valence-corrected chi connectivity index (χ0v) is 19.2. The molecule has 0 atom stereocenters. The second-order valence-corrected chi connectivity index (χ2v) is 9.80. The van der Waals surface area contributed by atoms with E-state index in [2.05, 4.69) is 25.6 Å². The first-order valence-electron chi connectivity index (χ1n) is 11.9. The van der Waals surface area contributed by atoms with Gasteiger partial charge in [-0.3, -0.25) is 14.6 Å². The Morgan fingerprint density at radius 3 is 2.80 bits per heavy atom. The van der Waals surface area contributed by atoms with Gasteiger partial charge in [0.15, 0.2) is 18.2 Å². The van der Waals surface area contributed by atoms with E-state index in [9.17, 15) is 14.0 Å². The van der Waals surface area contributed by atoms with Crippen LogP contribution in [0.2, 0.25) is 0 Å². The minimum Gasteiger partial charge on any atom is -0.480 e. The number of aromatic nitrogens is 3. The quantitative estimate of drug-likeness (QED) is 0.497. The van der Waals surface area contributed by atoms with Gasteiger partial charge in [0.2, 0.25) is 0 Å². The number of H-pyrrole nitrogens is 1. The number of pyridine rings is 3. The van der Waals surface area contributed by atoms with Gasteiger partial charge in [0.1, 0.15) is 5.82 Å². The lowest BCUT2D eigenvalue weighted by Gasteiger charge is -2.53. The van der Waals surface area contributed by atoms with E-state index in [0.717, 1.165) is 44.0 Å². The molecule has 0 aromatic carbocycles. The molecule has 0 radical (unpaired) electrons. The van der Waals surface area contributed by atoms with Crippen molar-refractivity contribution in [1.29, 1.82) is 0 Å². The predicted molar refractivity (Wildman–Crippen MR) is 126 cm³/mol. The molecule has 3 N–H and O–H groups in total. The van der Waals surface area contributed by atoms with Crippen LogP contribution in [-0.2, 0) is 22.5 Å². The number of nitrogens with one attached hydrogen (secondary N) is 3. The molecule has 1 aliphatic carbocycles. The van der Waals surface area contributed by atoms with Crippen molar-refractivity contribution < 1.29 is 18.7 Å². The van der Waals surface area contributed by atoms with E-state index in [1.165, 1.54) is 6.07 Å². The highest BCUT2D eigenvalue weighted by Gasteiger charge is 2.49. The molecule has 2 bridgehead atoms. The summed E-state index contributed by atoms with van der Waals surface area (Å²) in [6.45, 7) is 1.19. The molecule has 182 valence electrons. The molecular weight excluding hydrogens is 453 g/mol. The maximum Gasteiger partial charge on any atom is 0.263 e. The van der Waals surface area contributed by atoms with Crippen LogP contribution >= 0.6 is 0 Å². The number of carbonyl (C=O) groups is 1. The van der Waals surface area contributed by atoms with Gasteiger partial charge in [-0.25, -0.2) is 9.37 Å². The van der Waals surface area contributed by atoms with Crippen molar-refractivity contribution in [3.63, 3.8) is 0 Å². The van der Waals surface area contributed by atoms with Gasteiger partial charge in [0, 0.05) is 23.7 Å². The van der Waals surface area contributed by atoms with Crippen LogP contribution in [0.15, 0.2) is 35.3 Å². The molecule has 3 aromatic rings. The molecule has 1 saturated carbocycles. The number of rotatable bonds is 6. The smallest absolute Gasteiger partial charge is 0.263 e. The van der Waals surface area contributed by atoms with Gasteiger partial charge in [-0.15, -0.1) is 0 Å². The first kappa shape index (κ1) is 22.1. The fourth-order valence-electron chi connectivity index (χ4n) is 5.34. The van der Waals surface area contributed by atoms with Crippen molar-refractivity contribution >= 4 is 22.8 Å². The van der Waals surface area contributed by atoms with Gasteiger partial charge in [-0.05, 0) is 56.7 Å². The van der Waals surface area contributed by atoms with Crippen molar-refractivity contribution in [3.05, 3.63) is 57.9 Å². The fourth-order valence-corrected chi connectivity index (χ4v) is 5.34. The maximum atomic E-state index is 13.4. The van der Waals surface area contributed by atoms with Gasteiger partial charge >= 0.3 is 0 Å². The molecule has 3 fully saturated rings. The zero-order chi connectivity index (χ0) is 24.0. The summed E-state index contributed by atoms with van der Waals surface area (Å²) >= 11 is 0. The number of anilines is 1. The molecule has 7 rings (SSSR count). The Morgan fingerprint density at radius 1 is 1.14 bits per heavy atom. The Bertz CT molecular complexity index is 1350. The average molecular weight is 480 g/mol. The first-order valence-corrected chi connectivity index (χ1v) is 11.9. The molecule has 4 aliphatic rings. The van der Waals surface area contributed by atoms with Crippen molar-refractivity contribution in [1.82, 2.24) is 20.3 Å². The lowest BCUT2D eigenvalue weighted by Crippen LogP contribution is -2.61. The lowest BCUT2D eigenvalue weighted by atomic mass is 9.69. The summed E-state index contributed by atoms with van der Waals surface area (Å²) in [5.41, 5.74) is 1.92. The van der Waals surface area contributed by atoms with Gasteiger partial charge in [0.25, 0.3) is 11.5 Å². The van der Waals surface area contributed by atoms with Gasteiger partial charge < -0.3 is 25.1 Å². The Labute approximate surface area is 200 Å². The number of ether oxygens (including phenoxy) is 2. The van der Waals surface area contributed by atoms with Crippen LogP contribution in [0, 0.1) is 5.82 Å². The number of fused-ring (bicyclic) bond motifs is 5. The number of halogens is 1. The Hall–Kier alpha value is -3.37. The van der Waals surface area contributed by atoms with Gasteiger partial charge in [-0.1, -0.05) is 0 Å². The largest absolute Gasteiger partial charge is 0.480 e. The minimum atomic E-state index is -0.474. The summed E-state index contributed by atoms with van der Waals surface area (Å²) in [4.78, 5) is 35.4. The third kappa shape index (κ3) is 4.28. The number of carbonyl (C=O) groups excluding carboxylic acids is 1. The van der Waals surface area contributed by atoms with Crippen LogP contribution in [0.25, 0.3) is 11.0 Å². The van der Waals surface area contributed by atoms with Gasteiger partial charge in [-0.2, -0.15) is 0 Å². The zero-order valence-electron chi connectivity index (χ0n) is 19.2. The molecule has 1 amide bonds. The Morgan fingerprint density at radius 2 is 2.00 bits per heavy atom. The summed E-state index contributed by atoms with van der Waals surface area (Å²) in [6, 6.07) is 6.77. The van der Waals surface area contributed by atoms with E-state index in [0.29, 0.717) is 47.7 Å². The van der Waals surface area contributed by atoms with Crippen molar-refractivity contribution in [3.8, 4) is 5.75 Å². The highest BCUT2D eigenvalue weighted by Crippen LogP contribution is 2.46. The number of hydrogen-bond acceptors (Lipinski definition) is 7. The average Bonchev–Trinajstić information content (AvgIpc) is 2.87. The molecule has 10 heteroatoms. The molecule has 3 aliphatic heterocycles. The maximum absolute atomic E-state index is 13.4. The Balaban J connectivity index is 1.07. The number of hydrogen-bond donors (Lipinski definition) is 3. The van der Waals surface area contributed by atoms with E-state index < -0.39 is 5.82 Å². The summed E-state index contributed by atoms with van der Waals surface area (Å²) in [5, 5.41) is 6.39. The van der Waals surface area contributed by atoms with E-state index in [1.54, 1.807) is 6.07 Å². The number of amides is 1. The molecule has 35 heavy (non-hydrogen) atoms. The number of aryl methyl sites for hydroxylation is 1. The summed E-state index contributed by atoms with van der Waals surface area (Å²) in [6.07, 6.45) is 6.28. The van der Waals surface area contributed by atoms with Crippen LogP contribution < -0.4 is 20.9 Å². The molecule has 0 spiro atoms. The predicted octanol–water partition coefficient (Wildman–Crippen LogP) is 2.59. The third-order valence-electron chi connectivity index (χ3n) is 7.54. The monoisotopic (exact) mass is 479 g/mol. The normalized spacial score (nSPS) is 25.2. The number of nitrogens with zero attached hydrogens (tertiary/aromatic N) is 2. The van der Waals surface area contributed by atoms with Crippen molar-refractivity contribution in [2.45, 2.75) is 56.2 Å². The van der Waals surface area contributed by atoms with Crippen molar-refractivity contribution in [2.24, 2.45) is 0 Å². The van der Waals surface area contributed by atoms with Crippen LogP contribution in [-0.4, -0.2) is 45.2 Å². The molecule has 6 heterocycles. The standard InChI is InChI=1S/C25H26FN5O4/c26-16-10-19-18(27-11-16)9-15(23(33)30-19)3-4-25-7-5-24(6-8-25,14-35-25)28-12-17-1-2-20-22(29-17)31-21(32)13-34-20/h1-2,9-11,28H,3-8,12-14H2,(H,30,33)(H,29,31,32). The summed E-state index contributed by atoms with van der Waals surface area (Å²) < 4.78 is 25.2. The van der Waals surface area contributed by atoms with E-state index in [1.807, 2.05) is 12.1 Å². The third-order valence-corrected chi connectivity index (χ3v) is 7.54. The molecule has 9 nitrogen and oxygen atoms in total. The molecule has 0 unspecified atom stereocenters. The SMILES string of the molecule is O=C1COc2ccc(CNC34CCC(CCc5cc6ncc(F)cc6[nH]c5=O)(CC3)OC4)nc2N1. The number of aromatic amines is 1. The lowest BCUT2D eigenvalue weighted by molar-refractivity contribution is -0.165. The van der Waals surface area contributed by atoms with E-state index in [4.69, 9.17) is 9.47 Å². The Kier molecular flexibility index (Phi) is 5.30. The van der Waals surface area contributed by atoms with Crippen LogP contribution in [0.1, 0.15) is 43.4 Å². The summed E-state index contributed by atoms with van der Waals surface area (Å²) in [5.74, 6) is 0.375. The minimum absolute atomic E-state index is 0.0145. The topological polar surface area (TPSA) is 118 Å². The van der Waals surface area contributed by atoms with E-state index in [-0.39, 0.29) is 29.2 Å². The van der Waals surface area contributed by atoms with Crippen LogP contribution in [0.3, 0.4) is 0 Å². The van der Waals surface area contributed by atoms with Gasteiger partial charge in [0.05, 0.1) is 35.1 Å². The fraction of sp³-hybridized carbons (Fsp3) is 0.440. The second-order valence-electron chi connectivity index (χ2n) is 9.80. The molecule has 2 saturated heterocycles. The van der Waals surface area contributed by atoms with Crippen LogP contribution in [0.4, 0.5) is 10.2 Å². The molecule has 3 aromatic heterocycles. The van der Waals surface area contributed by atoms with Crippen molar-refractivity contribution in [2.75, 3.05) is 18.5 Å². The first-order chi connectivity index (χ1) is 16.9. The highest BCUT2D eigenvalue weighted by atomic mass is 19.1. The summed E-state index contributed by atoms with van der Waals surface area (Å²) in [7, 11) is 0. The van der Waals surface area contributed by atoms with Crippen LogP contribution in [0.5, 0.6) is 5.75 Å².